The molecule has 0 aliphatic carbocycles. The van der Waals surface area contributed by atoms with Crippen LogP contribution in [0.5, 0.6) is 0 Å². The number of ether oxygens (including phenoxy) is 1. The second kappa shape index (κ2) is 6.37. The zero-order valence-corrected chi connectivity index (χ0v) is 13.2. The maximum Gasteiger partial charge on any atom is 0.261 e. The van der Waals surface area contributed by atoms with Crippen LogP contribution in [0.3, 0.4) is 0 Å². The molecule has 0 radical (unpaired) electrons. The van der Waals surface area contributed by atoms with E-state index < -0.39 is 5.82 Å². The fourth-order valence-corrected chi connectivity index (χ4v) is 2.35. The predicted octanol–water partition coefficient (Wildman–Crippen LogP) is 3.55. The Balaban J connectivity index is 2.01. The molecule has 0 amide bonds. The summed E-state index contributed by atoms with van der Waals surface area (Å²) in [7, 11) is 0. The number of hydrogen-bond donors (Lipinski definition) is 0. The zero-order chi connectivity index (χ0) is 16.4. The van der Waals surface area contributed by atoms with E-state index in [0.717, 1.165) is 0 Å². The van der Waals surface area contributed by atoms with Crippen LogP contribution in [0.1, 0.15) is 32.7 Å². The summed E-state index contributed by atoms with van der Waals surface area (Å²) in [5.74, 6) is 0.212. The highest BCUT2D eigenvalue weighted by molar-refractivity contribution is 5.79. The monoisotopic (exact) mass is 316 g/mol. The number of rotatable bonds is 5. The second-order valence-electron chi connectivity index (χ2n) is 5.45. The quantitative estimate of drug-likeness (QED) is 0.716. The maximum atomic E-state index is 14.3. The van der Waals surface area contributed by atoms with Gasteiger partial charge < -0.3 is 9.26 Å². The third kappa shape index (κ3) is 3.05. The molecule has 7 heteroatoms. The summed E-state index contributed by atoms with van der Waals surface area (Å²) in [4.78, 5) is 12.5. The molecular weight excluding hydrogens is 299 g/mol. The first-order chi connectivity index (χ1) is 11.1. The number of benzene rings is 1. The Kier molecular flexibility index (Phi) is 4.29. The molecule has 3 rings (SSSR count). The van der Waals surface area contributed by atoms with Crippen molar-refractivity contribution in [2.75, 3.05) is 6.61 Å². The van der Waals surface area contributed by atoms with Crippen LogP contribution < -0.4 is 0 Å². The van der Waals surface area contributed by atoms with Gasteiger partial charge in [-0.15, -0.1) is 0 Å². The van der Waals surface area contributed by atoms with Gasteiger partial charge in [0.25, 0.3) is 5.89 Å². The third-order valence-electron chi connectivity index (χ3n) is 3.44. The SMILES string of the molecule is CCOC(c1noc(-c2cc3nccnc3cc2F)n1)C(C)C. The van der Waals surface area contributed by atoms with Crippen LogP contribution >= 0.6 is 0 Å². The van der Waals surface area contributed by atoms with Crippen molar-refractivity contribution in [2.45, 2.75) is 26.9 Å². The second-order valence-corrected chi connectivity index (χ2v) is 5.45. The highest BCUT2D eigenvalue weighted by atomic mass is 19.1. The van der Waals surface area contributed by atoms with Crippen LogP contribution in [0.2, 0.25) is 0 Å². The molecule has 2 heterocycles. The Hall–Kier alpha value is -2.41. The van der Waals surface area contributed by atoms with Gasteiger partial charge in [0.05, 0.1) is 16.6 Å². The molecule has 23 heavy (non-hydrogen) atoms. The normalized spacial score (nSPS) is 12.9. The Morgan fingerprint density at radius 2 is 1.87 bits per heavy atom. The Bertz CT molecular complexity index is 819. The molecule has 2 aromatic heterocycles. The van der Waals surface area contributed by atoms with E-state index in [1.807, 2.05) is 20.8 Å². The van der Waals surface area contributed by atoms with Crippen LogP contribution in [-0.2, 0) is 4.74 Å². The lowest BCUT2D eigenvalue weighted by molar-refractivity contribution is 0.0217. The molecule has 1 aromatic carbocycles. The Labute approximate surface area is 132 Å². The third-order valence-corrected chi connectivity index (χ3v) is 3.44. The molecule has 1 unspecified atom stereocenters. The minimum Gasteiger partial charge on any atom is -0.370 e. The van der Waals surface area contributed by atoms with Gasteiger partial charge in [-0.05, 0) is 18.9 Å². The van der Waals surface area contributed by atoms with E-state index in [9.17, 15) is 4.39 Å². The van der Waals surface area contributed by atoms with Crippen LogP contribution in [0, 0.1) is 11.7 Å². The van der Waals surface area contributed by atoms with Crippen molar-refractivity contribution in [3.63, 3.8) is 0 Å². The lowest BCUT2D eigenvalue weighted by atomic mass is 10.1. The smallest absolute Gasteiger partial charge is 0.261 e. The van der Waals surface area contributed by atoms with Gasteiger partial charge in [-0.25, -0.2) is 4.39 Å². The first-order valence-electron chi connectivity index (χ1n) is 7.46. The van der Waals surface area contributed by atoms with E-state index in [1.165, 1.54) is 12.3 Å². The van der Waals surface area contributed by atoms with E-state index >= 15 is 0 Å². The maximum absolute atomic E-state index is 14.3. The highest BCUT2D eigenvalue weighted by Crippen LogP contribution is 2.28. The van der Waals surface area contributed by atoms with E-state index in [-0.39, 0.29) is 23.5 Å². The molecule has 120 valence electrons. The summed E-state index contributed by atoms with van der Waals surface area (Å²) in [6, 6.07) is 2.87. The summed E-state index contributed by atoms with van der Waals surface area (Å²) >= 11 is 0. The molecule has 0 fully saturated rings. The molecule has 0 saturated heterocycles. The molecule has 0 N–H and O–H groups in total. The molecule has 0 bridgehead atoms. The van der Waals surface area contributed by atoms with Crippen LogP contribution in [0.15, 0.2) is 29.0 Å². The molecule has 3 aromatic rings. The number of aromatic nitrogens is 4. The van der Waals surface area contributed by atoms with Crippen molar-refractivity contribution in [3.8, 4) is 11.5 Å². The minimum absolute atomic E-state index is 0.107. The molecule has 0 aliphatic heterocycles. The fraction of sp³-hybridized carbons (Fsp3) is 0.375. The first-order valence-corrected chi connectivity index (χ1v) is 7.46. The lowest BCUT2D eigenvalue weighted by Gasteiger charge is -2.16. The standard InChI is InChI=1S/C16H17FN4O2/c1-4-22-14(9(2)3)15-20-16(23-21-15)10-7-12-13(8-11(10)17)19-6-5-18-12/h5-9,14H,4H2,1-3H3. The molecule has 1 atom stereocenters. The van der Waals surface area contributed by atoms with Gasteiger partial charge in [0, 0.05) is 25.1 Å². The summed E-state index contributed by atoms with van der Waals surface area (Å²) in [5.41, 5.74) is 1.24. The molecule has 0 spiro atoms. The molecule has 0 aliphatic rings. The number of fused-ring (bicyclic) bond motifs is 1. The van der Waals surface area contributed by atoms with Crippen molar-refractivity contribution in [3.05, 3.63) is 36.2 Å². The van der Waals surface area contributed by atoms with Gasteiger partial charge in [-0.1, -0.05) is 19.0 Å². The van der Waals surface area contributed by atoms with Gasteiger partial charge in [0.15, 0.2) is 0 Å². The largest absolute Gasteiger partial charge is 0.370 e. The van der Waals surface area contributed by atoms with Crippen LogP contribution in [0.4, 0.5) is 4.39 Å². The van der Waals surface area contributed by atoms with Gasteiger partial charge in [0.1, 0.15) is 11.9 Å². The number of nitrogens with zero attached hydrogens (tertiary/aromatic N) is 4. The number of hydrogen-bond acceptors (Lipinski definition) is 6. The van der Waals surface area contributed by atoms with Crippen LogP contribution in [0.25, 0.3) is 22.5 Å². The van der Waals surface area contributed by atoms with Crippen molar-refractivity contribution in [2.24, 2.45) is 5.92 Å². The summed E-state index contributed by atoms with van der Waals surface area (Å²) in [5, 5.41) is 3.94. The Morgan fingerprint density at radius 1 is 1.17 bits per heavy atom. The average molecular weight is 316 g/mol. The lowest BCUT2D eigenvalue weighted by Crippen LogP contribution is -2.12. The van der Waals surface area contributed by atoms with Gasteiger partial charge in [-0.2, -0.15) is 4.98 Å². The summed E-state index contributed by atoms with van der Waals surface area (Å²) in [6.45, 7) is 6.44. The van der Waals surface area contributed by atoms with Gasteiger partial charge >= 0.3 is 0 Å². The number of halogens is 1. The summed E-state index contributed by atoms with van der Waals surface area (Å²) < 4.78 is 25.2. The predicted molar refractivity (Wildman–Crippen MR) is 82.0 cm³/mol. The summed E-state index contributed by atoms with van der Waals surface area (Å²) in [6.07, 6.45) is 2.77. The van der Waals surface area contributed by atoms with E-state index in [4.69, 9.17) is 9.26 Å². The molecular formula is C16H17FN4O2. The van der Waals surface area contributed by atoms with Gasteiger partial charge in [0.2, 0.25) is 5.82 Å². The highest BCUT2D eigenvalue weighted by Gasteiger charge is 2.24. The Morgan fingerprint density at radius 3 is 2.52 bits per heavy atom. The molecule has 6 nitrogen and oxygen atoms in total. The van der Waals surface area contributed by atoms with E-state index in [1.54, 1.807) is 12.3 Å². The van der Waals surface area contributed by atoms with Gasteiger partial charge in [-0.3, -0.25) is 9.97 Å². The van der Waals surface area contributed by atoms with Crippen LogP contribution in [-0.4, -0.2) is 26.7 Å². The first kappa shape index (κ1) is 15.5. The topological polar surface area (TPSA) is 73.9 Å². The average Bonchev–Trinajstić information content (AvgIpc) is 3.00. The fourth-order valence-electron chi connectivity index (χ4n) is 2.35. The van der Waals surface area contributed by atoms with E-state index in [0.29, 0.717) is 23.5 Å². The van der Waals surface area contributed by atoms with Crippen molar-refractivity contribution < 1.29 is 13.7 Å². The van der Waals surface area contributed by atoms with Crippen molar-refractivity contribution in [1.82, 2.24) is 20.1 Å². The zero-order valence-electron chi connectivity index (χ0n) is 13.2. The van der Waals surface area contributed by atoms with Crippen molar-refractivity contribution >= 4 is 11.0 Å². The minimum atomic E-state index is -0.481. The molecule has 0 saturated carbocycles. The van der Waals surface area contributed by atoms with E-state index in [2.05, 4.69) is 20.1 Å². The van der Waals surface area contributed by atoms with Crippen molar-refractivity contribution in [1.29, 1.82) is 0 Å².